The molecule has 1 aromatic rings. The molecule has 0 aliphatic carbocycles. The molecule has 0 unspecified atom stereocenters. The smallest absolute Gasteiger partial charge is 0.162 e. The van der Waals surface area contributed by atoms with Crippen LogP contribution in [0, 0.1) is 17.6 Å². The fraction of sp³-hybridized carbons (Fsp3) is 0.625. The number of benzene rings is 1. The van der Waals surface area contributed by atoms with E-state index in [0.717, 1.165) is 31.4 Å². The van der Waals surface area contributed by atoms with E-state index >= 15 is 0 Å². The van der Waals surface area contributed by atoms with Gasteiger partial charge in [0.1, 0.15) is 5.75 Å². The molecule has 1 heterocycles. The van der Waals surface area contributed by atoms with Crippen molar-refractivity contribution >= 4 is 8.80 Å². The Kier molecular flexibility index (Phi) is 6.61. The number of hydrogen-bond acceptors (Lipinski definition) is 1. The molecule has 0 spiro atoms. The third-order valence-electron chi connectivity index (χ3n) is 4.34. The molecule has 118 valence electrons. The second-order valence-electron chi connectivity index (χ2n) is 5.96. The number of unbranched alkanes of at least 4 members (excludes halogenated alkanes) is 1. The number of alkyl halides is 1. The standard InChI is InChI=1S/C16H23F3OSi/c17-7-1-2-8-21-9-5-13(6-10-21)12-20-14-3-4-15(18)16(19)11-14/h3-4,11,13,21H,1-2,5-10,12H2. The lowest BCUT2D eigenvalue weighted by Gasteiger charge is -2.27. The van der Waals surface area contributed by atoms with E-state index in [-0.39, 0.29) is 6.67 Å². The molecule has 2 rings (SSSR count). The minimum atomic E-state index is -0.864. The van der Waals surface area contributed by atoms with Gasteiger partial charge in [0.15, 0.2) is 11.6 Å². The van der Waals surface area contributed by atoms with Crippen molar-refractivity contribution in [2.75, 3.05) is 13.3 Å². The van der Waals surface area contributed by atoms with Crippen LogP contribution < -0.4 is 4.74 Å². The van der Waals surface area contributed by atoms with Gasteiger partial charge in [0.05, 0.1) is 13.3 Å². The molecule has 1 saturated heterocycles. The van der Waals surface area contributed by atoms with E-state index in [0.29, 0.717) is 24.7 Å². The Labute approximate surface area is 126 Å². The van der Waals surface area contributed by atoms with E-state index in [1.807, 2.05) is 0 Å². The maximum atomic E-state index is 13.1. The van der Waals surface area contributed by atoms with Crippen molar-refractivity contribution in [3.63, 3.8) is 0 Å². The predicted octanol–water partition coefficient (Wildman–Crippen LogP) is 4.73. The Bertz CT molecular complexity index is 434. The summed E-state index contributed by atoms with van der Waals surface area (Å²) in [6.45, 7) is 0.391. The van der Waals surface area contributed by atoms with Crippen molar-refractivity contribution in [3.8, 4) is 5.75 Å². The molecule has 0 aromatic heterocycles. The first-order valence-corrected chi connectivity index (χ1v) is 10.3. The van der Waals surface area contributed by atoms with E-state index < -0.39 is 20.4 Å². The second kappa shape index (κ2) is 8.46. The van der Waals surface area contributed by atoms with E-state index in [9.17, 15) is 13.2 Å². The monoisotopic (exact) mass is 316 g/mol. The lowest BCUT2D eigenvalue weighted by atomic mass is 10.0. The Morgan fingerprint density at radius 3 is 2.52 bits per heavy atom. The number of hydrogen-bond donors (Lipinski definition) is 0. The summed E-state index contributed by atoms with van der Waals surface area (Å²) < 4.78 is 43.5. The third kappa shape index (κ3) is 5.38. The summed E-state index contributed by atoms with van der Waals surface area (Å²) in [6.07, 6.45) is 4.09. The summed E-state index contributed by atoms with van der Waals surface area (Å²) in [5.41, 5.74) is 0. The summed E-state index contributed by atoms with van der Waals surface area (Å²) in [6, 6.07) is 7.54. The van der Waals surface area contributed by atoms with Crippen LogP contribution in [-0.2, 0) is 0 Å². The van der Waals surface area contributed by atoms with Crippen molar-refractivity contribution in [1.82, 2.24) is 0 Å². The molecular weight excluding hydrogens is 293 g/mol. The molecule has 0 bridgehead atoms. The van der Waals surface area contributed by atoms with Crippen LogP contribution in [0.2, 0.25) is 18.1 Å². The maximum Gasteiger partial charge on any atom is 0.162 e. The number of halogens is 3. The largest absolute Gasteiger partial charge is 0.493 e. The first-order valence-electron chi connectivity index (χ1n) is 7.83. The van der Waals surface area contributed by atoms with Gasteiger partial charge >= 0.3 is 0 Å². The van der Waals surface area contributed by atoms with Gasteiger partial charge in [0.25, 0.3) is 0 Å². The fourth-order valence-electron chi connectivity index (χ4n) is 3.00. The third-order valence-corrected chi connectivity index (χ3v) is 7.86. The topological polar surface area (TPSA) is 9.23 Å². The SMILES string of the molecule is FCCCC[SiH]1CCC(COc2ccc(F)c(F)c2)CC1. The van der Waals surface area contributed by atoms with Crippen LogP contribution in [0.5, 0.6) is 5.75 Å². The quantitative estimate of drug-likeness (QED) is 0.522. The molecule has 0 atom stereocenters. The normalized spacial score (nSPS) is 22.2. The molecular formula is C16H23F3OSi. The molecule has 0 radical (unpaired) electrons. The summed E-state index contributed by atoms with van der Waals surface area (Å²) in [5, 5.41) is 0. The maximum absolute atomic E-state index is 13.1. The zero-order valence-electron chi connectivity index (χ0n) is 12.3. The Morgan fingerprint density at radius 1 is 1.10 bits per heavy atom. The minimum Gasteiger partial charge on any atom is -0.493 e. The summed E-state index contributed by atoms with van der Waals surface area (Å²) >= 11 is 0. The summed E-state index contributed by atoms with van der Waals surface area (Å²) in [4.78, 5) is 0. The van der Waals surface area contributed by atoms with Crippen LogP contribution in [0.4, 0.5) is 13.2 Å². The van der Waals surface area contributed by atoms with Crippen molar-refractivity contribution in [3.05, 3.63) is 29.8 Å². The first-order chi connectivity index (χ1) is 10.2. The van der Waals surface area contributed by atoms with E-state index in [1.165, 1.54) is 24.2 Å². The predicted molar refractivity (Wildman–Crippen MR) is 81.4 cm³/mol. The summed E-state index contributed by atoms with van der Waals surface area (Å²) in [7, 11) is -0.642. The average molecular weight is 316 g/mol. The minimum absolute atomic E-state index is 0.189. The van der Waals surface area contributed by atoms with Crippen LogP contribution in [0.3, 0.4) is 0 Å². The highest BCUT2D eigenvalue weighted by Crippen LogP contribution is 2.29. The van der Waals surface area contributed by atoms with Gasteiger partial charge in [-0.3, -0.25) is 4.39 Å². The highest BCUT2D eigenvalue weighted by Gasteiger charge is 2.22. The fourth-order valence-corrected chi connectivity index (χ4v) is 6.61. The van der Waals surface area contributed by atoms with E-state index in [2.05, 4.69) is 0 Å². The van der Waals surface area contributed by atoms with Crippen LogP contribution in [-0.4, -0.2) is 22.1 Å². The molecule has 1 aromatic carbocycles. The van der Waals surface area contributed by atoms with Gasteiger partial charge in [-0.05, 0) is 37.3 Å². The number of ether oxygens (including phenoxy) is 1. The van der Waals surface area contributed by atoms with Crippen LogP contribution in [0.1, 0.15) is 25.7 Å². The zero-order chi connectivity index (χ0) is 15.1. The van der Waals surface area contributed by atoms with Gasteiger partial charge in [-0.1, -0.05) is 24.6 Å². The van der Waals surface area contributed by atoms with Crippen molar-refractivity contribution in [2.45, 2.75) is 43.8 Å². The molecule has 0 N–H and O–H groups in total. The molecule has 1 nitrogen and oxygen atoms in total. The second-order valence-corrected chi connectivity index (χ2v) is 9.42. The average Bonchev–Trinajstić information content (AvgIpc) is 2.50. The van der Waals surface area contributed by atoms with Crippen molar-refractivity contribution in [2.24, 2.45) is 5.92 Å². The van der Waals surface area contributed by atoms with Gasteiger partial charge in [-0.25, -0.2) is 8.78 Å². The Morgan fingerprint density at radius 2 is 1.86 bits per heavy atom. The van der Waals surface area contributed by atoms with Gasteiger partial charge in [0, 0.05) is 14.9 Å². The molecule has 0 saturated carbocycles. The molecule has 1 fully saturated rings. The Balaban J connectivity index is 1.67. The highest BCUT2D eigenvalue weighted by molar-refractivity contribution is 6.58. The van der Waals surface area contributed by atoms with Crippen LogP contribution in [0.15, 0.2) is 18.2 Å². The lowest BCUT2D eigenvalue weighted by molar-refractivity contribution is 0.235. The van der Waals surface area contributed by atoms with Gasteiger partial charge in [-0.2, -0.15) is 0 Å². The van der Waals surface area contributed by atoms with E-state index in [4.69, 9.17) is 4.74 Å². The van der Waals surface area contributed by atoms with E-state index in [1.54, 1.807) is 0 Å². The molecule has 1 aliphatic rings. The molecule has 1 aliphatic heterocycles. The molecule has 5 heteroatoms. The lowest BCUT2D eigenvalue weighted by Crippen LogP contribution is -2.24. The Hall–Kier alpha value is -0.973. The first kappa shape index (κ1) is 16.4. The van der Waals surface area contributed by atoms with Gasteiger partial charge in [-0.15, -0.1) is 0 Å². The van der Waals surface area contributed by atoms with Gasteiger partial charge in [0.2, 0.25) is 0 Å². The molecule has 0 amide bonds. The molecule has 21 heavy (non-hydrogen) atoms. The van der Waals surface area contributed by atoms with Crippen LogP contribution >= 0.6 is 0 Å². The highest BCUT2D eigenvalue weighted by atomic mass is 28.3. The summed E-state index contributed by atoms with van der Waals surface area (Å²) in [5.74, 6) is -0.794. The van der Waals surface area contributed by atoms with Crippen molar-refractivity contribution < 1.29 is 17.9 Å². The van der Waals surface area contributed by atoms with Crippen molar-refractivity contribution in [1.29, 1.82) is 0 Å². The van der Waals surface area contributed by atoms with Crippen LogP contribution in [0.25, 0.3) is 0 Å². The van der Waals surface area contributed by atoms with Gasteiger partial charge < -0.3 is 4.74 Å². The zero-order valence-corrected chi connectivity index (χ0v) is 13.4. The number of rotatable bonds is 7.